The summed E-state index contributed by atoms with van der Waals surface area (Å²) in [5.74, 6) is -1.47. The number of anilines is 2. The van der Waals surface area contributed by atoms with Crippen LogP contribution in [0.5, 0.6) is 0 Å². The molecule has 0 aliphatic carbocycles. The van der Waals surface area contributed by atoms with E-state index in [0.29, 0.717) is 11.4 Å². The molecule has 21 heavy (non-hydrogen) atoms. The van der Waals surface area contributed by atoms with Gasteiger partial charge in [-0.3, -0.25) is 9.59 Å². The molecule has 0 atom stereocenters. The van der Waals surface area contributed by atoms with Crippen LogP contribution in [0.1, 0.15) is 11.1 Å². The normalized spacial score (nSPS) is 10.0. The van der Waals surface area contributed by atoms with Crippen LogP contribution in [0.15, 0.2) is 48.5 Å². The number of carbonyl (C=O) groups excluding carboxylic acids is 2. The number of rotatable bonds is 3. The van der Waals surface area contributed by atoms with Gasteiger partial charge in [-0.25, -0.2) is 0 Å². The Morgan fingerprint density at radius 2 is 1.29 bits per heavy atom. The minimum atomic E-state index is -0.743. The number of aliphatic hydroxyl groups excluding tert-OH is 1. The molecule has 0 radical (unpaired) electrons. The number of aliphatic hydroxyl groups is 1. The fourth-order valence-corrected chi connectivity index (χ4v) is 1.71. The van der Waals surface area contributed by atoms with E-state index in [4.69, 9.17) is 5.11 Å². The van der Waals surface area contributed by atoms with E-state index in [0.717, 1.165) is 11.1 Å². The van der Waals surface area contributed by atoms with Gasteiger partial charge in [0.05, 0.1) is 6.61 Å². The Hall–Kier alpha value is -2.66. The zero-order chi connectivity index (χ0) is 15.2. The largest absolute Gasteiger partial charge is 0.392 e. The molecular weight excluding hydrogens is 268 g/mol. The summed E-state index contributed by atoms with van der Waals surface area (Å²) in [6, 6.07) is 13.8. The van der Waals surface area contributed by atoms with E-state index in [2.05, 4.69) is 10.6 Å². The van der Waals surface area contributed by atoms with E-state index >= 15 is 0 Å². The van der Waals surface area contributed by atoms with Crippen molar-refractivity contribution >= 4 is 23.2 Å². The van der Waals surface area contributed by atoms with Crippen molar-refractivity contribution < 1.29 is 14.7 Å². The molecule has 0 heterocycles. The topological polar surface area (TPSA) is 78.4 Å². The number of hydrogen-bond donors (Lipinski definition) is 3. The standard InChI is InChI=1S/C16H16N2O3/c1-11-2-6-13(7-3-11)17-15(20)16(21)18-14-8-4-12(10-19)5-9-14/h2-9,19H,10H2,1H3,(H,17,20)(H,18,21). The number of nitrogens with one attached hydrogen (secondary N) is 2. The molecule has 0 saturated carbocycles. The maximum absolute atomic E-state index is 11.8. The molecule has 2 rings (SSSR count). The summed E-state index contributed by atoms with van der Waals surface area (Å²) in [6.45, 7) is 1.87. The first-order valence-electron chi connectivity index (χ1n) is 6.47. The van der Waals surface area contributed by atoms with E-state index in [1.54, 1.807) is 36.4 Å². The van der Waals surface area contributed by atoms with Crippen molar-refractivity contribution in [2.24, 2.45) is 0 Å². The summed E-state index contributed by atoms with van der Waals surface area (Å²) in [5, 5.41) is 13.9. The summed E-state index contributed by atoms with van der Waals surface area (Å²) in [4.78, 5) is 23.5. The SMILES string of the molecule is Cc1ccc(NC(=O)C(=O)Nc2ccc(CO)cc2)cc1. The molecule has 0 bridgehead atoms. The van der Waals surface area contributed by atoms with Gasteiger partial charge in [0, 0.05) is 11.4 Å². The molecule has 0 aliphatic rings. The highest BCUT2D eigenvalue weighted by atomic mass is 16.3. The lowest BCUT2D eigenvalue weighted by molar-refractivity contribution is -0.132. The lowest BCUT2D eigenvalue weighted by Crippen LogP contribution is -2.29. The minimum Gasteiger partial charge on any atom is -0.392 e. The first-order chi connectivity index (χ1) is 10.1. The fourth-order valence-electron chi connectivity index (χ4n) is 1.71. The third-order valence-electron chi connectivity index (χ3n) is 2.91. The Kier molecular flexibility index (Phi) is 4.68. The van der Waals surface area contributed by atoms with Crippen LogP contribution in [-0.4, -0.2) is 16.9 Å². The zero-order valence-corrected chi connectivity index (χ0v) is 11.6. The van der Waals surface area contributed by atoms with Crippen molar-refractivity contribution in [2.75, 3.05) is 10.6 Å². The lowest BCUT2D eigenvalue weighted by atomic mass is 10.2. The average molecular weight is 284 g/mol. The zero-order valence-electron chi connectivity index (χ0n) is 11.6. The highest BCUT2D eigenvalue weighted by Gasteiger charge is 2.13. The van der Waals surface area contributed by atoms with Gasteiger partial charge >= 0.3 is 11.8 Å². The second kappa shape index (κ2) is 6.67. The maximum atomic E-state index is 11.8. The molecule has 0 aromatic heterocycles. The molecule has 108 valence electrons. The van der Waals surface area contributed by atoms with E-state index in [1.165, 1.54) is 0 Å². The van der Waals surface area contributed by atoms with Gasteiger partial charge in [-0.2, -0.15) is 0 Å². The first-order valence-corrected chi connectivity index (χ1v) is 6.47. The molecule has 5 heteroatoms. The predicted octanol–water partition coefficient (Wildman–Crippen LogP) is 2.06. The molecule has 2 aromatic rings. The molecule has 0 spiro atoms. The van der Waals surface area contributed by atoms with Gasteiger partial charge in [-0.05, 0) is 36.8 Å². The van der Waals surface area contributed by atoms with Gasteiger partial charge < -0.3 is 15.7 Å². The maximum Gasteiger partial charge on any atom is 0.314 e. The molecule has 2 amide bonds. The van der Waals surface area contributed by atoms with E-state index in [9.17, 15) is 9.59 Å². The number of aryl methyl sites for hydroxylation is 1. The summed E-state index contributed by atoms with van der Waals surface area (Å²) in [7, 11) is 0. The smallest absolute Gasteiger partial charge is 0.314 e. The van der Waals surface area contributed by atoms with Gasteiger partial charge in [0.15, 0.2) is 0 Å². The van der Waals surface area contributed by atoms with E-state index in [1.807, 2.05) is 19.1 Å². The van der Waals surface area contributed by atoms with Gasteiger partial charge in [0.1, 0.15) is 0 Å². The van der Waals surface area contributed by atoms with Crippen LogP contribution in [0.4, 0.5) is 11.4 Å². The van der Waals surface area contributed by atoms with Crippen LogP contribution in [0.3, 0.4) is 0 Å². The quantitative estimate of drug-likeness (QED) is 0.755. The summed E-state index contributed by atoms with van der Waals surface area (Å²) in [5.41, 5.74) is 2.87. The van der Waals surface area contributed by atoms with Crippen molar-refractivity contribution in [3.05, 3.63) is 59.7 Å². The third-order valence-corrected chi connectivity index (χ3v) is 2.91. The van der Waals surface area contributed by atoms with Crippen LogP contribution in [0.25, 0.3) is 0 Å². The first kappa shape index (κ1) is 14.7. The van der Waals surface area contributed by atoms with Crippen molar-refractivity contribution in [1.82, 2.24) is 0 Å². The molecule has 0 saturated heterocycles. The van der Waals surface area contributed by atoms with Crippen LogP contribution in [-0.2, 0) is 16.2 Å². The van der Waals surface area contributed by atoms with Crippen LogP contribution >= 0.6 is 0 Å². The number of amides is 2. The number of carbonyl (C=O) groups is 2. The van der Waals surface area contributed by atoms with Crippen molar-refractivity contribution in [1.29, 1.82) is 0 Å². The Labute approximate surface area is 122 Å². The Morgan fingerprint density at radius 3 is 1.71 bits per heavy atom. The summed E-state index contributed by atoms with van der Waals surface area (Å²) < 4.78 is 0. The Bertz CT molecular complexity index is 634. The second-order valence-corrected chi connectivity index (χ2v) is 4.63. The van der Waals surface area contributed by atoms with Crippen molar-refractivity contribution in [3.8, 4) is 0 Å². The highest BCUT2D eigenvalue weighted by Crippen LogP contribution is 2.11. The predicted molar refractivity (Wildman–Crippen MR) is 80.8 cm³/mol. The van der Waals surface area contributed by atoms with Gasteiger partial charge in [0.25, 0.3) is 0 Å². The van der Waals surface area contributed by atoms with Crippen molar-refractivity contribution in [2.45, 2.75) is 13.5 Å². The Morgan fingerprint density at radius 1 is 0.857 bits per heavy atom. The lowest BCUT2D eigenvalue weighted by Gasteiger charge is -2.07. The molecular formula is C16H16N2O3. The molecule has 5 nitrogen and oxygen atoms in total. The fraction of sp³-hybridized carbons (Fsp3) is 0.125. The minimum absolute atomic E-state index is 0.0673. The second-order valence-electron chi connectivity index (χ2n) is 4.63. The molecule has 2 aromatic carbocycles. The van der Waals surface area contributed by atoms with E-state index in [-0.39, 0.29) is 6.61 Å². The van der Waals surface area contributed by atoms with Gasteiger partial charge in [-0.1, -0.05) is 29.8 Å². The Balaban J connectivity index is 1.95. The van der Waals surface area contributed by atoms with Crippen LogP contribution in [0, 0.1) is 6.92 Å². The third kappa shape index (κ3) is 4.15. The highest BCUT2D eigenvalue weighted by molar-refractivity contribution is 6.43. The number of benzene rings is 2. The van der Waals surface area contributed by atoms with Crippen molar-refractivity contribution in [3.63, 3.8) is 0 Å². The molecule has 0 aliphatic heterocycles. The molecule has 0 unspecified atom stereocenters. The van der Waals surface area contributed by atoms with Gasteiger partial charge in [0.2, 0.25) is 0 Å². The number of hydrogen-bond acceptors (Lipinski definition) is 3. The summed E-state index contributed by atoms with van der Waals surface area (Å²) in [6.07, 6.45) is 0. The molecule has 3 N–H and O–H groups in total. The van der Waals surface area contributed by atoms with E-state index < -0.39 is 11.8 Å². The van der Waals surface area contributed by atoms with Crippen LogP contribution in [0.2, 0.25) is 0 Å². The average Bonchev–Trinajstić information content (AvgIpc) is 2.50. The van der Waals surface area contributed by atoms with Gasteiger partial charge in [-0.15, -0.1) is 0 Å². The van der Waals surface area contributed by atoms with Crippen LogP contribution < -0.4 is 10.6 Å². The monoisotopic (exact) mass is 284 g/mol. The summed E-state index contributed by atoms with van der Waals surface area (Å²) >= 11 is 0. The molecule has 0 fully saturated rings.